The van der Waals surface area contributed by atoms with Crippen LogP contribution in [0.3, 0.4) is 0 Å². The maximum Gasteiger partial charge on any atom is 0.208 e. The zero-order chi connectivity index (χ0) is 15.2. The highest BCUT2D eigenvalue weighted by molar-refractivity contribution is 7.88. The second kappa shape index (κ2) is 7.59. The molecule has 0 spiro atoms. The average molecular weight is 299 g/mol. The van der Waals surface area contributed by atoms with Gasteiger partial charge in [0, 0.05) is 30.5 Å². The minimum atomic E-state index is -3.12. The van der Waals surface area contributed by atoms with E-state index in [1.54, 1.807) is 6.08 Å². The van der Waals surface area contributed by atoms with Gasteiger partial charge in [0.2, 0.25) is 10.0 Å². The predicted octanol–water partition coefficient (Wildman–Crippen LogP) is 1.89. The van der Waals surface area contributed by atoms with Crippen molar-refractivity contribution in [1.82, 2.24) is 9.62 Å². The third kappa shape index (κ3) is 6.34. The standard InChI is InChI=1S/C14H25N3O2S/c1-4-5-13(15)7-6-12(2)17-10-8-14(9-11-17)16-20(3,18)19/h6-7,14-16H,2,4-5,8-11H2,1,3H3/b7-6-,15-13?. The molecule has 0 aromatic rings. The smallest absolute Gasteiger partial charge is 0.208 e. The van der Waals surface area contributed by atoms with Gasteiger partial charge in [0.15, 0.2) is 0 Å². The van der Waals surface area contributed by atoms with Crippen LogP contribution in [0.25, 0.3) is 0 Å². The zero-order valence-electron chi connectivity index (χ0n) is 12.4. The van der Waals surface area contributed by atoms with E-state index >= 15 is 0 Å². The molecular weight excluding hydrogens is 274 g/mol. The van der Waals surface area contributed by atoms with Crippen molar-refractivity contribution in [2.45, 2.75) is 38.6 Å². The summed E-state index contributed by atoms with van der Waals surface area (Å²) in [6.45, 7) is 7.64. The summed E-state index contributed by atoms with van der Waals surface area (Å²) < 4.78 is 25.0. The van der Waals surface area contributed by atoms with E-state index in [2.05, 4.69) is 23.1 Å². The molecule has 20 heavy (non-hydrogen) atoms. The van der Waals surface area contributed by atoms with Crippen molar-refractivity contribution in [3.8, 4) is 0 Å². The number of nitrogens with zero attached hydrogens (tertiary/aromatic N) is 1. The first-order valence-corrected chi connectivity index (χ1v) is 8.87. The molecule has 0 aliphatic carbocycles. The largest absolute Gasteiger partial charge is 0.372 e. The molecule has 0 amide bonds. The molecular formula is C14H25N3O2S. The molecule has 0 bridgehead atoms. The molecule has 0 unspecified atom stereocenters. The highest BCUT2D eigenvalue weighted by atomic mass is 32.2. The van der Waals surface area contributed by atoms with Crippen LogP contribution in [0, 0.1) is 5.41 Å². The number of piperidine rings is 1. The van der Waals surface area contributed by atoms with E-state index < -0.39 is 10.0 Å². The van der Waals surface area contributed by atoms with Crippen LogP contribution >= 0.6 is 0 Å². The first-order valence-electron chi connectivity index (χ1n) is 6.98. The number of hydrogen-bond donors (Lipinski definition) is 2. The average Bonchev–Trinajstić information content (AvgIpc) is 2.35. The predicted molar refractivity (Wildman–Crippen MR) is 83.5 cm³/mol. The summed E-state index contributed by atoms with van der Waals surface area (Å²) in [7, 11) is -3.12. The molecule has 1 aliphatic rings. The van der Waals surface area contributed by atoms with Crippen LogP contribution < -0.4 is 4.72 Å². The maximum atomic E-state index is 11.2. The summed E-state index contributed by atoms with van der Waals surface area (Å²) in [6, 6.07) is 0.0245. The molecule has 2 N–H and O–H groups in total. The van der Waals surface area contributed by atoms with Crippen molar-refractivity contribution in [3.05, 3.63) is 24.4 Å². The number of likely N-dealkylation sites (tertiary alicyclic amines) is 1. The summed E-state index contributed by atoms with van der Waals surface area (Å²) >= 11 is 0. The molecule has 1 rings (SSSR count). The third-order valence-electron chi connectivity index (χ3n) is 3.28. The Morgan fingerprint density at radius 1 is 1.40 bits per heavy atom. The Balaban J connectivity index is 2.41. The lowest BCUT2D eigenvalue weighted by molar-refractivity contribution is 0.263. The molecule has 0 atom stereocenters. The van der Waals surface area contributed by atoms with Gasteiger partial charge >= 0.3 is 0 Å². The Hall–Kier alpha value is -1.14. The number of sulfonamides is 1. The summed E-state index contributed by atoms with van der Waals surface area (Å²) in [5.41, 5.74) is 1.51. The highest BCUT2D eigenvalue weighted by Gasteiger charge is 2.21. The van der Waals surface area contributed by atoms with Crippen molar-refractivity contribution >= 4 is 15.7 Å². The second-order valence-electron chi connectivity index (χ2n) is 5.25. The minimum absolute atomic E-state index is 0.0245. The van der Waals surface area contributed by atoms with Crippen molar-refractivity contribution in [2.24, 2.45) is 0 Å². The van der Waals surface area contributed by atoms with Gasteiger partial charge in [-0.2, -0.15) is 0 Å². The van der Waals surface area contributed by atoms with Crippen LogP contribution in [0.4, 0.5) is 0 Å². The Labute approximate surface area is 122 Å². The number of rotatable bonds is 7. The first kappa shape index (κ1) is 16.9. The van der Waals surface area contributed by atoms with Gasteiger partial charge in [-0.15, -0.1) is 0 Å². The molecule has 5 nitrogen and oxygen atoms in total. The van der Waals surface area contributed by atoms with Gasteiger partial charge in [0.1, 0.15) is 0 Å². The van der Waals surface area contributed by atoms with Crippen molar-refractivity contribution in [3.63, 3.8) is 0 Å². The van der Waals surface area contributed by atoms with Gasteiger partial charge in [-0.25, -0.2) is 13.1 Å². The fraction of sp³-hybridized carbons (Fsp3) is 0.643. The van der Waals surface area contributed by atoms with E-state index in [1.807, 2.05) is 6.08 Å². The summed E-state index contributed by atoms with van der Waals surface area (Å²) in [5.74, 6) is 0. The Morgan fingerprint density at radius 3 is 2.50 bits per heavy atom. The zero-order valence-corrected chi connectivity index (χ0v) is 13.2. The minimum Gasteiger partial charge on any atom is -0.372 e. The summed E-state index contributed by atoms with van der Waals surface area (Å²) in [4.78, 5) is 2.14. The summed E-state index contributed by atoms with van der Waals surface area (Å²) in [5, 5.41) is 7.70. The number of nitrogens with one attached hydrogen (secondary N) is 2. The van der Waals surface area contributed by atoms with E-state index in [4.69, 9.17) is 5.41 Å². The normalized spacial score (nSPS) is 17.6. The number of allylic oxidation sites excluding steroid dienone is 2. The van der Waals surface area contributed by atoms with Crippen LogP contribution in [0.1, 0.15) is 32.6 Å². The lowest BCUT2D eigenvalue weighted by Crippen LogP contribution is -2.43. The molecule has 0 aromatic carbocycles. The maximum absolute atomic E-state index is 11.2. The van der Waals surface area contributed by atoms with Crippen molar-refractivity contribution < 1.29 is 8.42 Å². The van der Waals surface area contributed by atoms with Gasteiger partial charge in [0.25, 0.3) is 0 Å². The van der Waals surface area contributed by atoms with E-state index in [-0.39, 0.29) is 6.04 Å². The lowest BCUT2D eigenvalue weighted by atomic mass is 10.1. The number of hydrogen-bond acceptors (Lipinski definition) is 4. The monoisotopic (exact) mass is 299 g/mol. The highest BCUT2D eigenvalue weighted by Crippen LogP contribution is 2.15. The van der Waals surface area contributed by atoms with Gasteiger partial charge in [-0.1, -0.05) is 19.9 Å². The molecule has 0 radical (unpaired) electrons. The fourth-order valence-electron chi connectivity index (χ4n) is 2.24. The van der Waals surface area contributed by atoms with E-state index in [1.165, 1.54) is 6.26 Å². The van der Waals surface area contributed by atoms with Crippen LogP contribution in [-0.2, 0) is 10.0 Å². The van der Waals surface area contributed by atoms with E-state index in [0.717, 1.165) is 44.5 Å². The van der Waals surface area contributed by atoms with Gasteiger partial charge < -0.3 is 10.3 Å². The van der Waals surface area contributed by atoms with Crippen molar-refractivity contribution in [2.75, 3.05) is 19.3 Å². The van der Waals surface area contributed by atoms with Crippen LogP contribution in [0.15, 0.2) is 24.4 Å². The van der Waals surface area contributed by atoms with Gasteiger partial charge in [0.05, 0.1) is 6.26 Å². The van der Waals surface area contributed by atoms with Gasteiger partial charge in [-0.3, -0.25) is 0 Å². The Morgan fingerprint density at radius 2 is 2.00 bits per heavy atom. The van der Waals surface area contributed by atoms with Crippen molar-refractivity contribution in [1.29, 1.82) is 5.41 Å². The second-order valence-corrected chi connectivity index (χ2v) is 7.03. The molecule has 0 aromatic heterocycles. The van der Waals surface area contributed by atoms with Crippen LogP contribution in [0.5, 0.6) is 0 Å². The van der Waals surface area contributed by atoms with Crippen LogP contribution in [0.2, 0.25) is 0 Å². The molecule has 6 heteroatoms. The third-order valence-corrected chi connectivity index (χ3v) is 4.04. The Kier molecular flexibility index (Phi) is 6.42. The van der Waals surface area contributed by atoms with Crippen LogP contribution in [-0.4, -0.2) is 44.4 Å². The Bertz CT molecular complexity index is 475. The molecule has 1 aliphatic heterocycles. The topological polar surface area (TPSA) is 73.3 Å². The molecule has 1 heterocycles. The summed E-state index contributed by atoms with van der Waals surface area (Å²) in [6.07, 6.45) is 8.19. The van der Waals surface area contributed by atoms with Gasteiger partial charge in [-0.05, 0) is 31.4 Å². The lowest BCUT2D eigenvalue weighted by Gasteiger charge is -2.33. The van der Waals surface area contributed by atoms with E-state index in [9.17, 15) is 8.42 Å². The molecule has 1 saturated heterocycles. The molecule has 1 fully saturated rings. The first-order chi connectivity index (χ1) is 9.31. The fourth-order valence-corrected chi connectivity index (χ4v) is 3.08. The van der Waals surface area contributed by atoms with E-state index in [0.29, 0.717) is 5.71 Å². The quantitative estimate of drug-likeness (QED) is 0.557. The molecule has 0 saturated carbocycles. The molecule has 114 valence electrons. The SMILES string of the molecule is C=C(/C=C\C(=N)CCC)N1CCC(NS(C)(=O)=O)CC1.